The van der Waals surface area contributed by atoms with E-state index in [2.05, 4.69) is 10.6 Å². The van der Waals surface area contributed by atoms with Gasteiger partial charge in [0.1, 0.15) is 11.7 Å². The van der Waals surface area contributed by atoms with Gasteiger partial charge < -0.3 is 20.1 Å². The molecule has 2 atom stereocenters. The largest absolute Gasteiger partial charge is 0.444 e. The fraction of sp³-hybridized carbons (Fsp3) is 0.875. The van der Waals surface area contributed by atoms with Crippen LogP contribution < -0.4 is 10.6 Å². The monoisotopic (exact) mass is 316 g/mol. The second-order valence-corrected chi connectivity index (χ2v) is 7.01. The van der Waals surface area contributed by atoms with Gasteiger partial charge in [0, 0.05) is 13.2 Å². The SMILES string of the molecule is CCO[C@@H](C)C(=O)N[C@@](C)(CNC(=O)OC(C)(C)C)C(C)C. The predicted molar refractivity (Wildman–Crippen MR) is 86.7 cm³/mol. The third kappa shape index (κ3) is 7.64. The highest BCUT2D eigenvalue weighted by Crippen LogP contribution is 2.16. The van der Waals surface area contributed by atoms with Gasteiger partial charge in [-0.05, 0) is 47.5 Å². The summed E-state index contributed by atoms with van der Waals surface area (Å²) in [6.45, 7) is 15.6. The minimum absolute atomic E-state index is 0.125. The van der Waals surface area contributed by atoms with E-state index in [4.69, 9.17) is 9.47 Å². The number of carbonyl (C=O) groups is 2. The third-order valence-corrected chi connectivity index (χ3v) is 3.47. The van der Waals surface area contributed by atoms with Crippen molar-refractivity contribution >= 4 is 12.0 Å². The maximum Gasteiger partial charge on any atom is 0.407 e. The Morgan fingerprint density at radius 2 is 1.64 bits per heavy atom. The Bertz CT molecular complexity index is 377. The summed E-state index contributed by atoms with van der Waals surface area (Å²) < 4.78 is 10.5. The molecule has 0 heterocycles. The molecule has 0 aromatic heterocycles. The molecule has 130 valence electrons. The Balaban J connectivity index is 4.69. The van der Waals surface area contributed by atoms with Gasteiger partial charge in [-0.15, -0.1) is 0 Å². The normalized spacial score (nSPS) is 15.9. The second-order valence-electron chi connectivity index (χ2n) is 7.01. The van der Waals surface area contributed by atoms with Gasteiger partial charge in [0.05, 0.1) is 5.54 Å². The lowest BCUT2D eigenvalue weighted by Crippen LogP contribution is -2.59. The highest BCUT2D eigenvalue weighted by Gasteiger charge is 2.32. The topological polar surface area (TPSA) is 76.7 Å². The average Bonchev–Trinajstić information content (AvgIpc) is 2.34. The number of carbonyl (C=O) groups excluding carboxylic acids is 2. The predicted octanol–water partition coefficient (Wildman–Crippen LogP) is 2.47. The zero-order valence-corrected chi connectivity index (χ0v) is 15.2. The van der Waals surface area contributed by atoms with E-state index in [-0.39, 0.29) is 18.4 Å². The number of rotatable bonds is 7. The van der Waals surface area contributed by atoms with Gasteiger partial charge in [-0.2, -0.15) is 0 Å². The molecular formula is C16H32N2O4. The minimum atomic E-state index is -0.584. The van der Waals surface area contributed by atoms with Gasteiger partial charge >= 0.3 is 6.09 Å². The van der Waals surface area contributed by atoms with Crippen LogP contribution in [-0.2, 0) is 14.3 Å². The second kappa shape index (κ2) is 8.36. The molecule has 0 aliphatic heterocycles. The highest BCUT2D eigenvalue weighted by atomic mass is 16.6. The van der Waals surface area contributed by atoms with Crippen molar-refractivity contribution < 1.29 is 19.1 Å². The lowest BCUT2D eigenvalue weighted by atomic mass is 9.88. The zero-order chi connectivity index (χ0) is 17.6. The van der Waals surface area contributed by atoms with Crippen LogP contribution in [0.25, 0.3) is 0 Å². The average molecular weight is 316 g/mol. The van der Waals surface area contributed by atoms with E-state index in [1.807, 2.05) is 27.7 Å². The number of hydrogen-bond acceptors (Lipinski definition) is 4. The van der Waals surface area contributed by atoms with Crippen LogP contribution in [0.3, 0.4) is 0 Å². The summed E-state index contributed by atoms with van der Waals surface area (Å²) in [5.74, 6) is -0.0655. The lowest BCUT2D eigenvalue weighted by Gasteiger charge is -2.36. The van der Waals surface area contributed by atoms with Gasteiger partial charge in [0.25, 0.3) is 0 Å². The Hall–Kier alpha value is -1.30. The van der Waals surface area contributed by atoms with Gasteiger partial charge in [0.15, 0.2) is 0 Å². The molecule has 0 aromatic rings. The van der Waals surface area contributed by atoms with Crippen LogP contribution in [0.4, 0.5) is 4.79 Å². The van der Waals surface area contributed by atoms with E-state index < -0.39 is 23.3 Å². The maximum atomic E-state index is 12.1. The highest BCUT2D eigenvalue weighted by molar-refractivity contribution is 5.81. The Morgan fingerprint density at radius 3 is 2.05 bits per heavy atom. The molecule has 6 heteroatoms. The summed E-state index contributed by atoms with van der Waals surface area (Å²) in [6.07, 6.45) is -1.02. The summed E-state index contributed by atoms with van der Waals surface area (Å²) in [4.78, 5) is 23.9. The summed E-state index contributed by atoms with van der Waals surface area (Å²) in [7, 11) is 0. The first-order valence-corrected chi connectivity index (χ1v) is 7.81. The fourth-order valence-electron chi connectivity index (χ4n) is 1.67. The van der Waals surface area contributed by atoms with Crippen molar-refractivity contribution in [3.05, 3.63) is 0 Å². The molecule has 0 unspecified atom stereocenters. The molecule has 22 heavy (non-hydrogen) atoms. The minimum Gasteiger partial charge on any atom is -0.444 e. The van der Waals surface area contributed by atoms with Crippen LogP contribution in [0.1, 0.15) is 55.4 Å². The van der Waals surface area contributed by atoms with Gasteiger partial charge in [0.2, 0.25) is 5.91 Å². The summed E-state index contributed by atoms with van der Waals surface area (Å²) in [6, 6.07) is 0. The Morgan fingerprint density at radius 1 is 1.09 bits per heavy atom. The molecule has 2 N–H and O–H groups in total. The van der Waals surface area contributed by atoms with Crippen molar-refractivity contribution in [3.8, 4) is 0 Å². The first-order chi connectivity index (χ1) is 9.91. The van der Waals surface area contributed by atoms with Crippen molar-refractivity contribution in [2.45, 2.75) is 72.6 Å². The quantitative estimate of drug-likeness (QED) is 0.756. The van der Waals surface area contributed by atoms with Gasteiger partial charge in [-0.1, -0.05) is 13.8 Å². The Kier molecular flexibility index (Phi) is 7.87. The van der Waals surface area contributed by atoms with Crippen LogP contribution >= 0.6 is 0 Å². The number of ether oxygens (including phenoxy) is 2. The molecule has 0 rings (SSSR count). The molecule has 0 saturated carbocycles. The summed E-state index contributed by atoms with van der Waals surface area (Å²) >= 11 is 0. The van der Waals surface area contributed by atoms with Crippen LogP contribution in [0, 0.1) is 5.92 Å². The summed E-state index contributed by atoms with van der Waals surface area (Å²) in [5, 5.41) is 5.68. The maximum absolute atomic E-state index is 12.1. The van der Waals surface area contributed by atoms with Crippen LogP contribution in [-0.4, -0.2) is 42.4 Å². The van der Waals surface area contributed by atoms with Crippen molar-refractivity contribution in [1.82, 2.24) is 10.6 Å². The Labute approximate surface area is 134 Å². The smallest absolute Gasteiger partial charge is 0.407 e. The number of hydrogen-bond donors (Lipinski definition) is 2. The van der Waals surface area contributed by atoms with E-state index in [0.29, 0.717) is 6.61 Å². The summed E-state index contributed by atoms with van der Waals surface area (Å²) in [5.41, 5.74) is -1.13. The van der Waals surface area contributed by atoms with E-state index in [1.165, 1.54) is 0 Å². The third-order valence-electron chi connectivity index (χ3n) is 3.47. The molecule has 0 fully saturated rings. The molecular weight excluding hydrogens is 284 g/mol. The van der Waals surface area contributed by atoms with E-state index in [1.54, 1.807) is 27.7 Å². The van der Waals surface area contributed by atoms with Crippen molar-refractivity contribution in [2.75, 3.05) is 13.2 Å². The van der Waals surface area contributed by atoms with Crippen LogP contribution in [0.15, 0.2) is 0 Å². The number of nitrogens with one attached hydrogen (secondary N) is 2. The van der Waals surface area contributed by atoms with Crippen molar-refractivity contribution in [2.24, 2.45) is 5.92 Å². The van der Waals surface area contributed by atoms with E-state index in [9.17, 15) is 9.59 Å². The number of amides is 2. The van der Waals surface area contributed by atoms with Crippen LogP contribution in [0.2, 0.25) is 0 Å². The molecule has 0 radical (unpaired) electrons. The van der Waals surface area contributed by atoms with Gasteiger partial charge in [-0.25, -0.2) is 4.79 Å². The van der Waals surface area contributed by atoms with E-state index >= 15 is 0 Å². The molecule has 0 bridgehead atoms. The zero-order valence-electron chi connectivity index (χ0n) is 15.2. The molecule has 6 nitrogen and oxygen atoms in total. The van der Waals surface area contributed by atoms with Crippen molar-refractivity contribution in [3.63, 3.8) is 0 Å². The lowest BCUT2D eigenvalue weighted by molar-refractivity contribution is -0.133. The van der Waals surface area contributed by atoms with E-state index in [0.717, 1.165) is 0 Å². The van der Waals surface area contributed by atoms with Crippen LogP contribution in [0.5, 0.6) is 0 Å². The first kappa shape index (κ1) is 20.7. The molecule has 0 saturated heterocycles. The number of alkyl carbamates (subject to hydrolysis) is 1. The first-order valence-electron chi connectivity index (χ1n) is 7.81. The molecule has 2 amide bonds. The fourth-order valence-corrected chi connectivity index (χ4v) is 1.67. The molecule has 0 aliphatic rings. The molecule has 0 spiro atoms. The van der Waals surface area contributed by atoms with Gasteiger partial charge in [-0.3, -0.25) is 4.79 Å². The molecule has 0 aliphatic carbocycles. The van der Waals surface area contributed by atoms with Crippen molar-refractivity contribution in [1.29, 1.82) is 0 Å². The molecule has 0 aromatic carbocycles. The standard InChI is InChI=1S/C16H32N2O4/c1-9-21-12(4)13(19)18-16(8,11(2)3)10-17-14(20)22-15(5,6)7/h11-12H,9-10H2,1-8H3,(H,17,20)(H,18,19)/t12-,16-/m0/s1.